The molecule has 0 saturated heterocycles. The summed E-state index contributed by atoms with van der Waals surface area (Å²) in [6, 6.07) is 1.74. The van der Waals surface area contributed by atoms with Crippen LogP contribution in [0.3, 0.4) is 0 Å². The molecule has 1 fully saturated rings. The van der Waals surface area contributed by atoms with Crippen LogP contribution in [0.15, 0.2) is 12.3 Å². The second kappa shape index (κ2) is 5.12. The normalized spacial score (nSPS) is 15.4. The average molecular weight is 235 g/mol. The Balaban J connectivity index is 1.88. The molecule has 2 rings (SSSR count). The van der Waals surface area contributed by atoms with Crippen LogP contribution in [0.4, 0.5) is 11.5 Å². The fourth-order valence-corrected chi connectivity index (χ4v) is 2.02. The van der Waals surface area contributed by atoms with Gasteiger partial charge in [0.25, 0.3) is 5.69 Å². The molecule has 1 aliphatic rings. The largest absolute Gasteiger partial charge is 0.370 e. The lowest BCUT2D eigenvalue weighted by Gasteiger charge is -2.25. The number of hydrogen-bond acceptors (Lipinski definition) is 4. The number of rotatable bonds is 5. The first-order chi connectivity index (χ1) is 8.16. The maximum absolute atomic E-state index is 10.6. The maximum Gasteiger partial charge on any atom is 0.290 e. The molecule has 1 saturated carbocycles. The Morgan fingerprint density at radius 3 is 2.88 bits per heavy atom. The molecular formula is C12H17N3O2. The summed E-state index contributed by atoms with van der Waals surface area (Å²) in [6.45, 7) is 2.63. The van der Waals surface area contributed by atoms with Crippen molar-refractivity contribution in [1.82, 2.24) is 4.98 Å². The van der Waals surface area contributed by atoms with Gasteiger partial charge in [-0.25, -0.2) is 4.98 Å². The minimum atomic E-state index is -0.402. The predicted octanol–water partition coefficient (Wildman–Crippen LogP) is 2.90. The second-order valence-corrected chi connectivity index (χ2v) is 4.63. The second-order valence-electron chi connectivity index (χ2n) is 4.63. The van der Waals surface area contributed by atoms with Crippen molar-refractivity contribution < 1.29 is 4.92 Å². The lowest BCUT2D eigenvalue weighted by Crippen LogP contribution is -2.16. The third kappa shape index (κ3) is 2.93. The maximum atomic E-state index is 10.6. The van der Waals surface area contributed by atoms with Gasteiger partial charge in [0.05, 0.1) is 4.92 Å². The Hall–Kier alpha value is -1.65. The average Bonchev–Trinajstić information content (AvgIpc) is 2.21. The highest BCUT2D eigenvalue weighted by Gasteiger charge is 2.16. The van der Waals surface area contributed by atoms with Crippen LogP contribution >= 0.6 is 0 Å². The van der Waals surface area contributed by atoms with E-state index in [0.29, 0.717) is 5.56 Å². The number of nitro groups is 1. The van der Waals surface area contributed by atoms with E-state index in [1.54, 1.807) is 13.0 Å². The third-order valence-corrected chi connectivity index (χ3v) is 3.36. The lowest BCUT2D eigenvalue weighted by molar-refractivity contribution is -0.385. The fraction of sp³-hybridized carbons (Fsp3) is 0.583. The van der Waals surface area contributed by atoms with Gasteiger partial charge in [-0.15, -0.1) is 0 Å². The lowest BCUT2D eigenvalue weighted by atomic mass is 9.83. The molecule has 17 heavy (non-hydrogen) atoms. The molecule has 0 radical (unpaired) electrons. The van der Waals surface area contributed by atoms with Gasteiger partial charge in [0.15, 0.2) is 0 Å². The van der Waals surface area contributed by atoms with Gasteiger partial charge in [-0.1, -0.05) is 19.3 Å². The van der Waals surface area contributed by atoms with Crippen molar-refractivity contribution in [3.63, 3.8) is 0 Å². The van der Waals surface area contributed by atoms with E-state index in [9.17, 15) is 10.1 Å². The first-order valence-corrected chi connectivity index (χ1v) is 6.01. The third-order valence-electron chi connectivity index (χ3n) is 3.36. The minimum absolute atomic E-state index is 0.0783. The number of aromatic nitrogens is 1. The van der Waals surface area contributed by atoms with E-state index in [4.69, 9.17) is 0 Å². The van der Waals surface area contributed by atoms with Crippen LogP contribution < -0.4 is 5.32 Å². The van der Waals surface area contributed by atoms with E-state index in [2.05, 4.69) is 10.3 Å². The van der Waals surface area contributed by atoms with E-state index in [0.717, 1.165) is 24.7 Å². The molecule has 0 unspecified atom stereocenters. The zero-order valence-corrected chi connectivity index (χ0v) is 9.98. The fourth-order valence-electron chi connectivity index (χ4n) is 2.02. The monoisotopic (exact) mass is 235 g/mol. The standard InChI is InChI=1S/C12H17N3O2/c1-9-7-12(14-8-11(9)15(16)17)13-6-5-10-3-2-4-10/h7-8,10H,2-6H2,1H3,(H,13,14). The summed E-state index contributed by atoms with van der Waals surface area (Å²) in [4.78, 5) is 14.3. The Labute approximate surface area is 100 Å². The number of nitrogens with one attached hydrogen (secondary N) is 1. The van der Waals surface area contributed by atoms with Crippen LogP contribution in [0, 0.1) is 23.0 Å². The van der Waals surface area contributed by atoms with Gasteiger partial charge in [0.1, 0.15) is 12.0 Å². The van der Waals surface area contributed by atoms with Gasteiger partial charge in [-0.05, 0) is 25.3 Å². The molecule has 0 amide bonds. The first kappa shape index (κ1) is 11.8. The summed E-state index contributed by atoms with van der Waals surface area (Å²) >= 11 is 0. The predicted molar refractivity (Wildman–Crippen MR) is 66.1 cm³/mol. The Morgan fingerprint density at radius 1 is 1.59 bits per heavy atom. The molecule has 0 atom stereocenters. The summed E-state index contributed by atoms with van der Waals surface area (Å²) in [5.74, 6) is 1.59. The van der Waals surface area contributed by atoms with E-state index < -0.39 is 4.92 Å². The topological polar surface area (TPSA) is 68.1 Å². The summed E-state index contributed by atoms with van der Waals surface area (Å²) in [5.41, 5.74) is 0.727. The van der Waals surface area contributed by atoms with Crippen molar-refractivity contribution in [2.24, 2.45) is 5.92 Å². The van der Waals surface area contributed by atoms with Gasteiger partial charge < -0.3 is 5.32 Å². The van der Waals surface area contributed by atoms with E-state index >= 15 is 0 Å². The quantitative estimate of drug-likeness (QED) is 0.629. The molecule has 92 valence electrons. The van der Waals surface area contributed by atoms with Crippen LogP contribution in [0.2, 0.25) is 0 Å². The van der Waals surface area contributed by atoms with Crippen LogP contribution in [0.1, 0.15) is 31.2 Å². The Morgan fingerprint density at radius 2 is 2.35 bits per heavy atom. The van der Waals surface area contributed by atoms with Crippen molar-refractivity contribution in [2.75, 3.05) is 11.9 Å². The van der Waals surface area contributed by atoms with Crippen molar-refractivity contribution in [2.45, 2.75) is 32.6 Å². The number of anilines is 1. The van der Waals surface area contributed by atoms with Crippen LogP contribution in [-0.4, -0.2) is 16.5 Å². The molecule has 5 nitrogen and oxygen atoms in total. The van der Waals surface area contributed by atoms with E-state index in [1.807, 2.05) is 0 Å². The van der Waals surface area contributed by atoms with E-state index in [-0.39, 0.29) is 5.69 Å². The highest BCUT2D eigenvalue weighted by atomic mass is 16.6. The molecular weight excluding hydrogens is 218 g/mol. The van der Waals surface area contributed by atoms with Gasteiger partial charge in [-0.3, -0.25) is 10.1 Å². The van der Waals surface area contributed by atoms with Gasteiger partial charge in [0, 0.05) is 12.1 Å². The molecule has 0 aliphatic heterocycles. The van der Waals surface area contributed by atoms with Crippen LogP contribution in [0.25, 0.3) is 0 Å². The molecule has 5 heteroatoms. The number of pyridine rings is 1. The summed E-state index contributed by atoms with van der Waals surface area (Å²) in [5, 5.41) is 13.8. The number of hydrogen-bond donors (Lipinski definition) is 1. The van der Waals surface area contributed by atoms with Crippen LogP contribution in [-0.2, 0) is 0 Å². The Kier molecular flexibility index (Phi) is 3.56. The Bertz CT molecular complexity index is 416. The van der Waals surface area contributed by atoms with Crippen LogP contribution in [0.5, 0.6) is 0 Å². The molecule has 1 N–H and O–H groups in total. The van der Waals surface area contributed by atoms with Crippen molar-refractivity contribution in [1.29, 1.82) is 0 Å². The molecule has 1 heterocycles. The zero-order valence-electron chi connectivity index (χ0n) is 9.98. The van der Waals surface area contributed by atoms with Crippen molar-refractivity contribution in [3.8, 4) is 0 Å². The molecule has 1 aromatic heterocycles. The van der Waals surface area contributed by atoms with E-state index in [1.165, 1.54) is 25.5 Å². The molecule has 0 bridgehead atoms. The summed E-state index contributed by atoms with van der Waals surface area (Å²) < 4.78 is 0. The van der Waals surface area contributed by atoms with Gasteiger partial charge in [0.2, 0.25) is 0 Å². The summed E-state index contributed by atoms with van der Waals surface area (Å²) in [7, 11) is 0. The number of aryl methyl sites for hydroxylation is 1. The molecule has 0 spiro atoms. The smallest absolute Gasteiger partial charge is 0.290 e. The van der Waals surface area contributed by atoms with Crippen molar-refractivity contribution >= 4 is 11.5 Å². The van der Waals surface area contributed by atoms with Crippen molar-refractivity contribution in [3.05, 3.63) is 27.9 Å². The molecule has 1 aromatic rings. The highest BCUT2D eigenvalue weighted by Crippen LogP contribution is 2.29. The minimum Gasteiger partial charge on any atom is -0.370 e. The first-order valence-electron chi connectivity index (χ1n) is 6.01. The molecule has 0 aromatic carbocycles. The zero-order chi connectivity index (χ0) is 12.3. The van der Waals surface area contributed by atoms with Gasteiger partial charge in [-0.2, -0.15) is 0 Å². The molecule has 1 aliphatic carbocycles. The SMILES string of the molecule is Cc1cc(NCCC2CCC2)ncc1[N+](=O)[O-]. The summed E-state index contributed by atoms with van der Waals surface area (Å²) in [6.07, 6.45) is 6.53. The van der Waals surface area contributed by atoms with Gasteiger partial charge >= 0.3 is 0 Å². The highest BCUT2D eigenvalue weighted by molar-refractivity contribution is 5.46. The number of nitrogens with zero attached hydrogens (tertiary/aromatic N) is 2.